The van der Waals surface area contributed by atoms with Gasteiger partial charge in [0.2, 0.25) is 0 Å². The fourth-order valence-electron chi connectivity index (χ4n) is 2.98. The molecule has 0 radical (unpaired) electrons. The zero-order chi connectivity index (χ0) is 20.9. The van der Waals surface area contributed by atoms with Gasteiger partial charge in [-0.15, -0.1) is 11.3 Å². The van der Waals surface area contributed by atoms with Crippen molar-refractivity contribution in [3.05, 3.63) is 72.1 Å². The first kappa shape index (κ1) is 19.8. The van der Waals surface area contributed by atoms with Crippen LogP contribution in [0.3, 0.4) is 0 Å². The van der Waals surface area contributed by atoms with E-state index in [-0.39, 0.29) is 0 Å². The average Bonchev–Trinajstić information content (AvgIpc) is 3.30. The molecular weight excluding hydrogens is 398 g/mol. The Kier molecular flexibility index (Phi) is 5.86. The lowest BCUT2D eigenvalue weighted by molar-refractivity contribution is 0.355. The molecule has 0 bridgehead atoms. The number of ether oxygens (including phenoxy) is 4. The molecule has 0 saturated heterocycles. The second kappa shape index (κ2) is 8.88. The highest BCUT2D eigenvalue weighted by molar-refractivity contribution is 7.13. The first-order valence-corrected chi connectivity index (χ1v) is 10.2. The van der Waals surface area contributed by atoms with E-state index in [1.54, 1.807) is 32.7 Å². The summed E-state index contributed by atoms with van der Waals surface area (Å²) in [5, 5.41) is 2.98. The Labute approximate surface area is 179 Å². The van der Waals surface area contributed by atoms with Gasteiger partial charge in [0, 0.05) is 16.5 Å². The highest BCUT2D eigenvalue weighted by Crippen LogP contribution is 2.35. The van der Waals surface area contributed by atoms with Crippen LogP contribution in [-0.4, -0.2) is 26.3 Å². The van der Waals surface area contributed by atoms with Crippen molar-refractivity contribution < 1.29 is 18.9 Å². The molecule has 0 unspecified atom stereocenters. The number of hydrogen-bond acceptors (Lipinski definition) is 6. The molecule has 30 heavy (non-hydrogen) atoms. The summed E-state index contributed by atoms with van der Waals surface area (Å²) in [6.07, 6.45) is 0. The molecule has 0 amide bonds. The predicted octanol–water partition coefficient (Wildman–Crippen LogP) is 6.30. The maximum absolute atomic E-state index is 5.89. The van der Waals surface area contributed by atoms with E-state index in [1.165, 1.54) is 0 Å². The molecule has 0 aliphatic rings. The van der Waals surface area contributed by atoms with Crippen LogP contribution >= 0.6 is 11.3 Å². The van der Waals surface area contributed by atoms with Gasteiger partial charge in [-0.3, -0.25) is 0 Å². The topological polar surface area (TPSA) is 49.8 Å². The number of benzene rings is 3. The van der Waals surface area contributed by atoms with Crippen LogP contribution in [0.25, 0.3) is 21.8 Å². The Balaban J connectivity index is 1.50. The van der Waals surface area contributed by atoms with Crippen LogP contribution in [0.4, 0.5) is 0 Å². The van der Waals surface area contributed by atoms with Crippen molar-refractivity contribution in [2.45, 2.75) is 0 Å². The standard InChI is InChI=1S/C24H21NO4S/c1-26-18-9-11-20(12-10-18)29-19-7-4-16(5-8-19)24-25-21(15-30-24)17-6-13-22(27-2)23(14-17)28-3/h4-15H,1-3H3. The molecule has 152 valence electrons. The molecule has 6 heteroatoms. The van der Waals surface area contributed by atoms with Gasteiger partial charge >= 0.3 is 0 Å². The number of methoxy groups -OCH3 is 3. The first-order valence-electron chi connectivity index (χ1n) is 9.30. The number of thiazole rings is 1. The second-order valence-electron chi connectivity index (χ2n) is 6.41. The third kappa shape index (κ3) is 4.23. The molecule has 5 nitrogen and oxygen atoms in total. The largest absolute Gasteiger partial charge is 0.497 e. The van der Waals surface area contributed by atoms with E-state index in [1.807, 2.05) is 72.1 Å². The Morgan fingerprint density at radius 3 is 1.87 bits per heavy atom. The minimum atomic E-state index is 0.685. The quantitative estimate of drug-likeness (QED) is 0.352. The molecule has 0 aliphatic carbocycles. The van der Waals surface area contributed by atoms with Crippen molar-refractivity contribution in [3.8, 4) is 50.6 Å². The van der Waals surface area contributed by atoms with Gasteiger partial charge < -0.3 is 18.9 Å². The van der Waals surface area contributed by atoms with Crippen molar-refractivity contribution in [2.24, 2.45) is 0 Å². The van der Waals surface area contributed by atoms with Crippen molar-refractivity contribution in [1.29, 1.82) is 0 Å². The van der Waals surface area contributed by atoms with Gasteiger partial charge in [0.05, 0.1) is 27.0 Å². The number of nitrogens with zero attached hydrogens (tertiary/aromatic N) is 1. The maximum Gasteiger partial charge on any atom is 0.161 e. The molecule has 4 rings (SSSR count). The summed E-state index contributed by atoms with van der Waals surface area (Å²) in [6, 6.07) is 21.2. The highest BCUT2D eigenvalue weighted by Gasteiger charge is 2.11. The summed E-state index contributed by atoms with van der Waals surface area (Å²) >= 11 is 1.60. The summed E-state index contributed by atoms with van der Waals surface area (Å²) in [7, 11) is 4.90. The van der Waals surface area contributed by atoms with Crippen molar-refractivity contribution in [2.75, 3.05) is 21.3 Å². The zero-order valence-corrected chi connectivity index (χ0v) is 17.7. The average molecular weight is 420 g/mol. The Morgan fingerprint density at radius 1 is 0.633 bits per heavy atom. The molecule has 4 aromatic rings. The normalized spacial score (nSPS) is 10.5. The maximum atomic E-state index is 5.89. The molecule has 0 aliphatic heterocycles. The Hall–Kier alpha value is -3.51. The van der Waals surface area contributed by atoms with E-state index in [2.05, 4.69) is 0 Å². The molecule has 3 aromatic carbocycles. The van der Waals surface area contributed by atoms with E-state index in [4.69, 9.17) is 23.9 Å². The van der Waals surface area contributed by atoms with Gasteiger partial charge in [-0.05, 0) is 66.7 Å². The third-order valence-electron chi connectivity index (χ3n) is 4.58. The minimum absolute atomic E-state index is 0.685. The summed E-state index contributed by atoms with van der Waals surface area (Å²) in [6.45, 7) is 0. The highest BCUT2D eigenvalue weighted by atomic mass is 32.1. The summed E-state index contributed by atoms with van der Waals surface area (Å²) < 4.78 is 21.8. The lowest BCUT2D eigenvalue weighted by Crippen LogP contribution is -1.91. The van der Waals surface area contributed by atoms with Crippen LogP contribution in [0.2, 0.25) is 0 Å². The zero-order valence-electron chi connectivity index (χ0n) is 16.9. The summed E-state index contributed by atoms with van der Waals surface area (Å²) in [5.74, 6) is 3.70. The molecule has 0 spiro atoms. The molecule has 0 N–H and O–H groups in total. The number of aromatic nitrogens is 1. The fourth-order valence-corrected chi connectivity index (χ4v) is 3.82. The van der Waals surface area contributed by atoms with Crippen molar-refractivity contribution >= 4 is 11.3 Å². The van der Waals surface area contributed by atoms with E-state index in [0.29, 0.717) is 11.5 Å². The van der Waals surface area contributed by atoms with Crippen LogP contribution in [0.15, 0.2) is 72.1 Å². The molecule has 0 saturated carbocycles. The van der Waals surface area contributed by atoms with Crippen LogP contribution in [0, 0.1) is 0 Å². The predicted molar refractivity (Wildman–Crippen MR) is 119 cm³/mol. The Morgan fingerprint density at radius 2 is 1.23 bits per heavy atom. The van der Waals surface area contributed by atoms with Crippen LogP contribution < -0.4 is 18.9 Å². The third-order valence-corrected chi connectivity index (χ3v) is 5.47. The van der Waals surface area contributed by atoms with E-state index in [0.717, 1.165) is 39.1 Å². The summed E-state index contributed by atoms with van der Waals surface area (Å²) in [5.41, 5.74) is 2.91. The Bertz CT molecular complexity index is 1120. The molecular formula is C24H21NO4S. The minimum Gasteiger partial charge on any atom is -0.497 e. The van der Waals surface area contributed by atoms with Gasteiger partial charge in [0.1, 0.15) is 22.3 Å². The van der Waals surface area contributed by atoms with Gasteiger partial charge in [-0.2, -0.15) is 0 Å². The SMILES string of the molecule is COc1ccc(Oc2ccc(-c3nc(-c4ccc(OC)c(OC)c4)cs3)cc2)cc1. The van der Waals surface area contributed by atoms with Crippen molar-refractivity contribution in [1.82, 2.24) is 4.98 Å². The lowest BCUT2D eigenvalue weighted by Gasteiger charge is -2.08. The van der Waals surface area contributed by atoms with Crippen LogP contribution in [0.1, 0.15) is 0 Å². The van der Waals surface area contributed by atoms with E-state index in [9.17, 15) is 0 Å². The number of hydrogen-bond donors (Lipinski definition) is 0. The van der Waals surface area contributed by atoms with Gasteiger partial charge in [0.15, 0.2) is 11.5 Å². The monoisotopic (exact) mass is 419 g/mol. The molecule has 0 atom stereocenters. The lowest BCUT2D eigenvalue weighted by atomic mass is 10.1. The van der Waals surface area contributed by atoms with Gasteiger partial charge in [-0.25, -0.2) is 4.98 Å². The smallest absolute Gasteiger partial charge is 0.161 e. The van der Waals surface area contributed by atoms with Gasteiger partial charge in [0.25, 0.3) is 0 Å². The molecule has 0 fully saturated rings. The molecule has 1 aromatic heterocycles. The van der Waals surface area contributed by atoms with Crippen LogP contribution in [0.5, 0.6) is 28.7 Å². The van der Waals surface area contributed by atoms with Crippen LogP contribution in [-0.2, 0) is 0 Å². The number of rotatable bonds is 7. The summed E-state index contributed by atoms with van der Waals surface area (Å²) in [4.78, 5) is 4.78. The van der Waals surface area contributed by atoms with E-state index < -0.39 is 0 Å². The fraction of sp³-hybridized carbons (Fsp3) is 0.125. The molecule has 1 heterocycles. The van der Waals surface area contributed by atoms with Gasteiger partial charge in [-0.1, -0.05) is 0 Å². The van der Waals surface area contributed by atoms with Crippen molar-refractivity contribution in [3.63, 3.8) is 0 Å². The first-order chi connectivity index (χ1) is 14.7. The second-order valence-corrected chi connectivity index (χ2v) is 7.27. The van der Waals surface area contributed by atoms with E-state index >= 15 is 0 Å².